The highest BCUT2D eigenvalue weighted by Gasteiger charge is 2.55. The van der Waals surface area contributed by atoms with Gasteiger partial charge in [0.1, 0.15) is 6.04 Å². The highest BCUT2D eigenvalue weighted by atomic mass is 19.3. The fourth-order valence-corrected chi connectivity index (χ4v) is 10.9. The topological polar surface area (TPSA) is 292 Å². The summed E-state index contributed by atoms with van der Waals surface area (Å²) in [6.45, 7) is -2.60. The van der Waals surface area contributed by atoms with E-state index in [9.17, 15) is 67.7 Å². The van der Waals surface area contributed by atoms with Crippen LogP contribution in [0.25, 0.3) is 10.9 Å². The summed E-state index contributed by atoms with van der Waals surface area (Å²) in [7, 11) is 0. The van der Waals surface area contributed by atoms with E-state index in [0.717, 1.165) is 28.9 Å². The number of para-hydroxylation sites is 1. The summed E-state index contributed by atoms with van der Waals surface area (Å²) < 4.78 is 27.7. The largest absolute Gasteiger partial charge is 0.480 e. The molecule has 1 aromatic heterocycles. The molecule has 20 nitrogen and oxygen atoms in total. The Hall–Kier alpha value is -7.12. The molecule has 1 aliphatic heterocycles. The van der Waals surface area contributed by atoms with Gasteiger partial charge in [-0.3, -0.25) is 53.1 Å². The molecule has 3 aliphatic carbocycles. The van der Waals surface area contributed by atoms with Crippen LogP contribution >= 0.6 is 0 Å². The average molecular weight is 986 g/mol. The van der Waals surface area contributed by atoms with Crippen molar-refractivity contribution in [3.63, 3.8) is 0 Å². The van der Waals surface area contributed by atoms with Crippen LogP contribution in [0.5, 0.6) is 0 Å². The summed E-state index contributed by atoms with van der Waals surface area (Å²) in [6, 6.07) is 12.9. The van der Waals surface area contributed by atoms with Crippen LogP contribution in [0.2, 0.25) is 0 Å². The van der Waals surface area contributed by atoms with Crippen molar-refractivity contribution in [2.45, 2.75) is 125 Å². The molecule has 7 rings (SSSR count). The Morgan fingerprint density at radius 3 is 1.96 bits per heavy atom. The molecule has 2 aromatic carbocycles. The lowest BCUT2D eigenvalue weighted by atomic mass is 9.87. The zero-order valence-corrected chi connectivity index (χ0v) is 39.0. The first-order valence-electron chi connectivity index (χ1n) is 23.6. The Morgan fingerprint density at radius 1 is 0.761 bits per heavy atom. The van der Waals surface area contributed by atoms with E-state index in [1.54, 1.807) is 41.3 Å². The highest BCUT2D eigenvalue weighted by molar-refractivity contribution is 6.10. The summed E-state index contributed by atoms with van der Waals surface area (Å²) in [5, 5.41) is 49.9. The molecule has 5 amide bonds. The zero-order valence-electron chi connectivity index (χ0n) is 39.0. The minimum Gasteiger partial charge on any atom is -0.480 e. The van der Waals surface area contributed by atoms with Crippen LogP contribution in [0.15, 0.2) is 54.7 Å². The number of anilines is 1. The van der Waals surface area contributed by atoms with Gasteiger partial charge < -0.3 is 41.5 Å². The van der Waals surface area contributed by atoms with E-state index >= 15 is 0 Å². The van der Waals surface area contributed by atoms with Gasteiger partial charge in [-0.15, -0.1) is 0 Å². The third-order valence-corrected chi connectivity index (χ3v) is 14.1. The molecule has 0 radical (unpaired) electrons. The van der Waals surface area contributed by atoms with Gasteiger partial charge in [-0.25, -0.2) is 8.78 Å². The number of amides is 5. The summed E-state index contributed by atoms with van der Waals surface area (Å²) in [4.78, 5) is 109. The molecule has 3 atom stereocenters. The molecule has 1 saturated heterocycles. The molecule has 0 spiro atoms. The number of carbonyl (C=O) groups excluding carboxylic acids is 5. The number of alkyl halides is 2. The number of fused-ring (bicyclic) bond motifs is 3. The van der Waals surface area contributed by atoms with Crippen LogP contribution in [0.1, 0.15) is 98.5 Å². The number of pyridine rings is 1. The number of likely N-dealkylation sites (tertiary alicyclic amines) is 1. The quantitative estimate of drug-likeness (QED) is 0.0808. The minimum absolute atomic E-state index is 0.0796. The number of nitrogens with zero attached hydrogens (tertiary/aromatic N) is 5. The number of hydrogen-bond donors (Lipinski definition) is 7. The van der Waals surface area contributed by atoms with Crippen LogP contribution in [-0.2, 0) is 46.5 Å². The molecule has 2 heterocycles. The standard InChI is InChI=1S/C49H57F2N9O11/c50-49(51)21-32(22-52)60(29-49)41(64)23-54-46(71)34-14-19-53-45-33(34)4-3-5-35(45)55-38(61)12-13-39(62)56-47-15-17-48(28-47,18-16-47)57-40(63)20-30-8-10-31(11-9-30)24-58(25-42(65)66)36-6-1-2-7-37(36)59(26-43(67)68)27-44(69)70/h3-5,8-11,14,19,32,36-37H,1-2,6-7,12-13,15-18,20-21,23-29H2,(H,54,71)(H,55,61)(H,56,62)(H,57,63)(H,65,66)(H,67,68)(H,69,70)/t32-,36?,37?,47?,48?/m0/s1. The van der Waals surface area contributed by atoms with Gasteiger partial charge in [-0.05, 0) is 68.2 Å². The van der Waals surface area contributed by atoms with E-state index in [1.807, 2.05) is 12.1 Å². The molecule has 378 valence electrons. The lowest BCUT2D eigenvalue weighted by molar-refractivity contribution is -0.146. The number of rotatable bonds is 21. The van der Waals surface area contributed by atoms with Gasteiger partial charge in [-0.1, -0.05) is 49.2 Å². The van der Waals surface area contributed by atoms with E-state index in [4.69, 9.17) is 0 Å². The molecular weight excluding hydrogens is 929 g/mol. The molecule has 3 aromatic rings. The maximum atomic E-state index is 13.9. The maximum Gasteiger partial charge on any atom is 0.317 e. The van der Waals surface area contributed by atoms with Crippen molar-refractivity contribution < 1.29 is 62.5 Å². The smallest absolute Gasteiger partial charge is 0.317 e. The number of aliphatic carboxylic acids is 3. The Bertz CT molecular complexity index is 2580. The predicted molar refractivity (Wildman–Crippen MR) is 249 cm³/mol. The van der Waals surface area contributed by atoms with Crippen molar-refractivity contribution in [1.82, 2.24) is 35.6 Å². The summed E-state index contributed by atoms with van der Waals surface area (Å²) >= 11 is 0. The number of nitriles is 1. The highest BCUT2D eigenvalue weighted by Crippen LogP contribution is 2.50. The van der Waals surface area contributed by atoms with Crippen molar-refractivity contribution >= 4 is 64.0 Å². The van der Waals surface area contributed by atoms with Crippen LogP contribution in [0.3, 0.4) is 0 Å². The van der Waals surface area contributed by atoms with Gasteiger partial charge in [0, 0.05) is 60.6 Å². The number of nitrogens with one attached hydrogen (secondary N) is 4. The van der Waals surface area contributed by atoms with Gasteiger partial charge in [0.15, 0.2) is 0 Å². The van der Waals surface area contributed by atoms with Gasteiger partial charge in [0.2, 0.25) is 23.6 Å². The lowest BCUT2D eigenvalue weighted by Crippen LogP contribution is -2.56. The lowest BCUT2D eigenvalue weighted by Gasteiger charge is -2.44. The molecule has 4 fully saturated rings. The summed E-state index contributed by atoms with van der Waals surface area (Å²) in [6.07, 6.45) is 6.11. The number of halogens is 2. The maximum absolute atomic E-state index is 13.9. The number of carbonyl (C=O) groups is 8. The third-order valence-electron chi connectivity index (χ3n) is 14.1. The molecule has 4 aliphatic rings. The van der Waals surface area contributed by atoms with Crippen LogP contribution in [0, 0.1) is 11.3 Å². The monoisotopic (exact) mass is 985 g/mol. The molecule has 22 heteroatoms. The first kappa shape index (κ1) is 51.7. The zero-order chi connectivity index (χ0) is 51.1. The number of hydrogen-bond acceptors (Lipinski definition) is 12. The van der Waals surface area contributed by atoms with Crippen LogP contribution < -0.4 is 21.3 Å². The Morgan fingerprint density at radius 2 is 1.34 bits per heavy atom. The van der Waals surface area contributed by atoms with E-state index in [1.165, 1.54) is 17.2 Å². The first-order chi connectivity index (χ1) is 33.7. The number of carboxylic acids is 3. The number of benzene rings is 2. The summed E-state index contributed by atoms with van der Waals surface area (Å²) in [5.41, 5.74) is 1.08. The molecule has 2 bridgehead atoms. The summed E-state index contributed by atoms with van der Waals surface area (Å²) in [5.74, 6) is -9.14. The van der Waals surface area contributed by atoms with Crippen molar-refractivity contribution in [2.24, 2.45) is 0 Å². The van der Waals surface area contributed by atoms with E-state index < -0.39 is 103 Å². The van der Waals surface area contributed by atoms with Gasteiger partial charge in [-0.2, -0.15) is 5.26 Å². The van der Waals surface area contributed by atoms with E-state index in [0.29, 0.717) is 50.3 Å². The Balaban J connectivity index is 0.876. The van der Waals surface area contributed by atoms with Crippen molar-refractivity contribution in [3.05, 3.63) is 71.4 Å². The molecule has 71 heavy (non-hydrogen) atoms. The normalized spacial score (nSPS) is 23.3. The van der Waals surface area contributed by atoms with E-state index in [2.05, 4.69) is 26.3 Å². The molecule has 7 N–H and O–H groups in total. The second-order valence-corrected chi connectivity index (χ2v) is 19.3. The van der Waals surface area contributed by atoms with E-state index in [-0.39, 0.29) is 60.9 Å². The molecule has 3 saturated carbocycles. The second-order valence-electron chi connectivity index (χ2n) is 19.3. The predicted octanol–water partition coefficient (Wildman–Crippen LogP) is 3.04. The first-order valence-corrected chi connectivity index (χ1v) is 23.6. The average Bonchev–Trinajstić information content (AvgIpc) is 3.97. The molecule has 2 unspecified atom stereocenters. The fourth-order valence-electron chi connectivity index (χ4n) is 10.9. The van der Waals surface area contributed by atoms with Crippen molar-refractivity contribution in [3.8, 4) is 6.07 Å². The number of aromatic nitrogens is 1. The number of carboxylic acid groups (broad SMARTS) is 3. The van der Waals surface area contributed by atoms with Gasteiger partial charge in [0.25, 0.3) is 11.8 Å². The van der Waals surface area contributed by atoms with Crippen molar-refractivity contribution in [2.75, 3.05) is 38.0 Å². The SMILES string of the molecule is N#C[C@@H]1CC(F)(F)CN1C(=O)CNC(=O)c1ccnc2c(NC(=O)CCC(=O)NC34CCC(NC(=O)Cc5ccc(CN(CC(=O)O)C6CCCCC6N(CC(=O)O)CC(=O)O)cc5)(CC3)C4)cccc12. The third kappa shape index (κ3) is 13.0. The molecular formula is C49H57F2N9O11. The van der Waals surface area contributed by atoms with Crippen LogP contribution in [-0.4, -0.2) is 150 Å². The van der Waals surface area contributed by atoms with Crippen molar-refractivity contribution in [1.29, 1.82) is 5.26 Å². The second kappa shape index (κ2) is 21.9. The van der Waals surface area contributed by atoms with Gasteiger partial charge in [0.05, 0.1) is 62.0 Å². The Kier molecular flexibility index (Phi) is 15.9. The van der Waals surface area contributed by atoms with Gasteiger partial charge >= 0.3 is 17.9 Å². The fraction of sp³-hybridized carbons (Fsp3) is 0.510. The van der Waals surface area contributed by atoms with Crippen LogP contribution in [0.4, 0.5) is 14.5 Å². The Labute approximate surface area is 407 Å². The minimum atomic E-state index is -3.20.